The highest BCUT2D eigenvalue weighted by Crippen LogP contribution is 2.42. The molecule has 0 aliphatic carbocycles. The lowest BCUT2D eigenvalue weighted by Crippen LogP contribution is -2.59. The molecule has 1 amide bonds. The number of primary amides is 1. The van der Waals surface area contributed by atoms with Gasteiger partial charge in [0.2, 0.25) is 5.76 Å². The van der Waals surface area contributed by atoms with Gasteiger partial charge < -0.3 is 64.4 Å². The molecule has 2 fully saturated rings. The molecule has 18 atom stereocenters. The lowest BCUT2D eigenvalue weighted by molar-refractivity contribution is -0.338. The summed E-state index contributed by atoms with van der Waals surface area (Å²) < 4.78 is 41.4. The van der Waals surface area contributed by atoms with E-state index in [4.69, 9.17) is 38.9 Å². The second kappa shape index (κ2) is 23.5. The molecule has 7 N–H and O–H groups in total. The second-order valence-electron chi connectivity index (χ2n) is 17.5. The molecule has 0 aromatic rings. The zero-order valence-corrected chi connectivity index (χ0v) is 38.2. The van der Waals surface area contributed by atoms with Crippen LogP contribution >= 0.6 is 0 Å². The molecule has 0 aromatic heterocycles. The van der Waals surface area contributed by atoms with Crippen LogP contribution in [0, 0.1) is 35.5 Å². The van der Waals surface area contributed by atoms with Gasteiger partial charge in [-0.15, -0.1) is 0 Å². The molecule has 0 unspecified atom stereocenters. The van der Waals surface area contributed by atoms with Crippen molar-refractivity contribution in [3.8, 4) is 0 Å². The Balaban J connectivity index is 2.00. The smallest absolute Gasteiger partial charge is 0.404 e. The fourth-order valence-electron chi connectivity index (χ4n) is 8.94. The van der Waals surface area contributed by atoms with Gasteiger partial charge in [-0.05, 0) is 52.5 Å². The third kappa shape index (κ3) is 13.7. The van der Waals surface area contributed by atoms with Crippen LogP contribution in [0.1, 0.15) is 94.9 Å². The number of carbonyl (C=O) groups excluding carboxylic acids is 2. The summed E-state index contributed by atoms with van der Waals surface area (Å²) in [5.41, 5.74) is 6.78. The number of hydrogen-bond donors (Lipinski definition) is 6. The van der Waals surface area contributed by atoms with Gasteiger partial charge in [-0.3, -0.25) is 0 Å². The van der Waals surface area contributed by atoms with Gasteiger partial charge in [-0.25, -0.2) is 9.59 Å². The summed E-state index contributed by atoms with van der Waals surface area (Å²) in [6, 6.07) is 0. The first kappa shape index (κ1) is 52.2. The summed E-state index contributed by atoms with van der Waals surface area (Å²) in [7, 11) is 2.81. The topological polar surface area (TPSA) is 226 Å². The van der Waals surface area contributed by atoms with Crippen LogP contribution in [0.2, 0.25) is 0 Å². The first-order chi connectivity index (χ1) is 28.6. The standard InChI is InChI=1S/C46H75NO14/c1-13-16-34-28(7)37(58-38-22-33(48)43(31(10)57-38)60-45(47)53)23-46(54,61-34)30(9)41(51)29(8)42-35(55-11)18-15-17-24(3)19-26(5)39(49)32(14-2)40(50)27(6)20-25(4)21-36(56-12)44(52)59-42/h13,15-18,20-21,26-35,37-43,48-51,54H,14,19,22-23H2,1-12H3,(H2,47,53)/b16-13+,18-15+,24-17-,25-20-,36-21+/t26-,27-,28-,29+,30+,31-,32+,33-,34-,35-,37-,38+,39+,40-,41-,42-,43-,46-/m1/s1. The van der Waals surface area contributed by atoms with E-state index in [2.05, 4.69) is 0 Å². The molecule has 0 aromatic carbocycles. The second-order valence-corrected chi connectivity index (χ2v) is 17.5. The minimum atomic E-state index is -1.97. The minimum absolute atomic E-state index is 0.0313. The van der Waals surface area contributed by atoms with Crippen LogP contribution in [-0.4, -0.2) is 125 Å². The van der Waals surface area contributed by atoms with Crippen molar-refractivity contribution in [2.24, 2.45) is 41.2 Å². The van der Waals surface area contributed by atoms with E-state index in [1.54, 1.807) is 52.0 Å². The Bertz CT molecular complexity index is 1570. The van der Waals surface area contributed by atoms with Crippen molar-refractivity contribution >= 4 is 12.1 Å². The summed E-state index contributed by atoms with van der Waals surface area (Å²) in [6.07, 6.45) is 2.20. The molecule has 3 aliphatic heterocycles. The maximum Gasteiger partial charge on any atom is 0.404 e. The first-order valence-corrected chi connectivity index (χ1v) is 21.7. The summed E-state index contributed by atoms with van der Waals surface area (Å²) >= 11 is 0. The molecule has 0 bridgehead atoms. The molecule has 15 heteroatoms. The number of allylic oxidation sites excluding steroid dienone is 6. The first-order valence-electron chi connectivity index (χ1n) is 21.7. The summed E-state index contributed by atoms with van der Waals surface area (Å²) in [5.74, 6) is -6.00. The van der Waals surface area contributed by atoms with E-state index >= 15 is 0 Å². The van der Waals surface area contributed by atoms with Crippen LogP contribution in [0.3, 0.4) is 0 Å². The highest BCUT2D eigenvalue weighted by molar-refractivity contribution is 5.87. The number of ether oxygens (including phenoxy) is 7. The Morgan fingerprint density at radius 2 is 1.77 bits per heavy atom. The van der Waals surface area contributed by atoms with E-state index in [1.165, 1.54) is 20.3 Å². The van der Waals surface area contributed by atoms with Gasteiger partial charge in [0.25, 0.3) is 0 Å². The summed E-state index contributed by atoms with van der Waals surface area (Å²) in [5, 5.41) is 58.0. The highest BCUT2D eigenvalue weighted by atomic mass is 16.7. The molecular weight excluding hydrogens is 790 g/mol. The van der Waals surface area contributed by atoms with Crippen molar-refractivity contribution in [1.29, 1.82) is 0 Å². The quantitative estimate of drug-likeness (QED) is 0.119. The monoisotopic (exact) mass is 866 g/mol. The van der Waals surface area contributed by atoms with Gasteiger partial charge in [0.15, 0.2) is 18.2 Å². The molecule has 0 spiro atoms. The van der Waals surface area contributed by atoms with Gasteiger partial charge in [-0.2, -0.15) is 0 Å². The number of nitrogens with two attached hydrogens (primary N) is 1. The number of methoxy groups -OCH3 is 2. The van der Waals surface area contributed by atoms with Crippen molar-refractivity contribution in [3.63, 3.8) is 0 Å². The fourth-order valence-corrected chi connectivity index (χ4v) is 8.94. The Hall–Kier alpha value is -3.12. The van der Waals surface area contributed by atoms with Crippen molar-refractivity contribution in [1.82, 2.24) is 0 Å². The maximum atomic E-state index is 13.9. The van der Waals surface area contributed by atoms with E-state index in [-0.39, 0.29) is 42.3 Å². The lowest BCUT2D eigenvalue weighted by Gasteiger charge is -2.49. The zero-order chi connectivity index (χ0) is 45.9. The molecule has 3 heterocycles. The SMILES string of the molecule is C/C=C/[C@H]1O[C@@](O)([C@@H](C)[C@H](O)[C@H](C)[C@H]2OC(=O)/C(OC)=C\C(C)=C/[C@@H](C)[C@@H](O)[C@@H](CC)[C@@H](O)[C@H](C)C/C(C)=C\C=C\[C@H]2OC)C[C@@H](O[C@H]2C[C@@H](O)[C@H](OC(N)=O)[C@@H](C)O2)[C@@H]1C. The molecule has 2 saturated heterocycles. The van der Waals surface area contributed by atoms with Crippen molar-refractivity contribution in [2.45, 2.75) is 168 Å². The van der Waals surface area contributed by atoms with E-state index in [0.717, 1.165) is 5.57 Å². The van der Waals surface area contributed by atoms with E-state index < -0.39 is 97.0 Å². The number of hydrogen-bond acceptors (Lipinski definition) is 14. The number of rotatable bonds is 11. The predicted molar refractivity (Wildman–Crippen MR) is 228 cm³/mol. The largest absolute Gasteiger partial charge is 0.490 e. The van der Waals surface area contributed by atoms with Crippen molar-refractivity contribution in [2.75, 3.05) is 14.2 Å². The maximum absolute atomic E-state index is 13.9. The van der Waals surface area contributed by atoms with Crippen LogP contribution in [0.25, 0.3) is 0 Å². The molecule has 348 valence electrons. The molecule has 0 radical (unpaired) electrons. The van der Waals surface area contributed by atoms with Crippen LogP contribution in [0.15, 0.2) is 59.4 Å². The van der Waals surface area contributed by atoms with Crippen LogP contribution in [0.4, 0.5) is 4.79 Å². The third-order valence-electron chi connectivity index (χ3n) is 12.8. The van der Waals surface area contributed by atoms with E-state index in [1.807, 2.05) is 53.7 Å². The van der Waals surface area contributed by atoms with Gasteiger partial charge >= 0.3 is 12.1 Å². The number of aliphatic hydroxyl groups excluding tert-OH is 4. The fraction of sp³-hybridized carbons (Fsp3) is 0.739. The van der Waals surface area contributed by atoms with Crippen molar-refractivity contribution < 1.29 is 68.3 Å². The molecular formula is C46H75NO14. The predicted octanol–water partition coefficient (Wildman–Crippen LogP) is 4.98. The normalized spacial score (nSPS) is 42.2. The third-order valence-corrected chi connectivity index (χ3v) is 12.8. The van der Waals surface area contributed by atoms with E-state index in [9.17, 15) is 35.1 Å². The van der Waals surface area contributed by atoms with Crippen molar-refractivity contribution in [3.05, 3.63) is 59.4 Å². The number of carbonyl (C=O) groups is 2. The minimum Gasteiger partial charge on any atom is -0.490 e. The summed E-state index contributed by atoms with van der Waals surface area (Å²) in [6.45, 7) is 18.2. The number of esters is 1. The summed E-state index contributed by atoms with van der Waals surface area (Å²) in [4.78, 5) is 25.4. The van der Waals surface area contributed by atoms with Gasteiger partial charge in [0, 0.05) is 49.5 Å². The Morgan fingerprint density at radius 3 is 2.34 bits per heavy atom. The Morgan fingerprint density at radius 1 is 1.10 bits per heavy atom. The van der Waals surface area contributed by atoms with Crippen LogP contribution < -0.4 is 5.73 Å². The molecule has 3 rings (SSSR count). The van der Waals surface area contributed by atoms with Gasteiger partial charge in [-0.1, -0.05) is 89.1 Å². The van der Waals surface area contributed by atoms with Crippen LogP contribution in [0.5, 0.6) is 0 Å². The van der Waals surface area contributed by atoms with Gasteiger partial charge in [0.05, 0.1) is 49.8 Å². The van der Waals surface area contributed by atoms with E-state index in [0.29, 0.717) is 18.4 Å². The molecule has 0 saturated carbocycles. The highest BCUT2D eigenvalue weighted by Gasteiger charge is 2.52. The lowest BCUT2D eigenvalue weighted by atomic mass is 9.77. The molecule has 3 aliphatic rings. The molecule has 15 nitrogen and oxygen atoms in total. The van der Waals surface area contributed by atoms with Gasteiger partial charge in [0.1, 0.15) is 12.2 Å². The number of cyclic esters (lactones) is 1. The zero-order valence-electron chi connectivity index (χ0n) is 38.2. The van der Waals surface area contributed by atoms with Crippen LogP contribution in [-0.2, 0) is 38.0 Å². The Kier molecular flexibility index (Phi) is 20.1. The average Bonchev–Trinajstić information content (AvgIpc) is 3.19. The Labute approximate surface area is 362 Å². The number of aliphatic hydroxyl groups is 5. The molecule has 61 heavy (non-hydrogen) atoms. The number of amides is 1. The average molecular weight is 866 g/mol.